The Kier molecular flexibility index (Phi) is 6.74. The molecule has 2 N–H and O–H groups in total. The SMILES string of the molecule is COc1cccc(OCCNC(=O)Nc2ccc(Br)cc2)c1OC. The van der Waals surface area contributed by atoms with E-state index >= 15 is 0 Å². The van der Waals surface area contributed by atoms with E-state index in [0.29, 0.717) is 36.1 Å². The number of amides is 2. The van der Waals surface area contributed by atoms with Crippen molar-refractivity contribution >= 4 is 27.6 Å². The van der Waals surface area contributed by atoms with E-state index in [4.69, 9.17) is 14.2 Å². The Morgan fingerprint density at radius 1 is 1.04 bits per heavy atom. The molecule has 0 spiro atoms. The van der Waals surface area contributed by atoms with E-state index in [1.54, 1.807) is 38.5 Å². The van der Waals surface area contributed by atoms with Gasteiger partial charge in [-0.1, -0.05) is 22.0 Å². The van der Waals surface area contributed by atoms with Crippen molar-refractivity contribution in [2.24, 2.45) is 0 Å². The fraction of sp³-hybridized carbons (Fsp3) is 0.235. The summed E-state index contributed by atoms with van der Waals surface area (Å²) < 4.78 is 17.1. The molecule has 0 saturated carbocycles. The molecule has 6 nitrogen and oxygen atoms in total. The largest absolute Gasteiger partial charge is 0.493 e. The number of urea groups is 1. The maximum absolute atomic E-state index is 11.8. The van der Waals surface area contributed by atoms with Gasteiger partial charge in [0.05, 0.1) is 20.8 Å². The van der Waals surface area contributed by atoms with Gasteiger partial charge in [-0.05, 0) is 36.4 Å². The van der Waals surface area contributed by atoms with Gasteiger partial charge in [0.1, 0.15) is 6.61 Å². The summed E-state index contributed by atoms with van der Waals surface area (Å²) in [6, 6.07) is 12.4. The van der Waals surface area contributed by atoms with Crippen LogP contribution in [-0.2, 0) is 0 Å². The van der Waals surface area contributed by atoms with Crippen molar-refractivity contribution < 1.29 is 19.0 Å². The van der Waals surface area contributed by atoms with Crippen LogP contribution in [0.4, 0.5) is 10.5 Å². The summed E-state index contributed by atoms with van der Waals surface area (Å²) >= 11 is 3.34. The topological polar surface area (TPSA) is 68.8 Å². The summed E-state index contributed by atoms with van der Waals surface area (Å²) in [5.74, 6) is 1.68. The lowest BCUT2D eigenvalue weighted by Crippen LogP contribution is -2.32. The van der Waals surface area contributed by atoms with Crippen LogP contribution in [0.5, 0.6) is 17.2 Å². The van der Waals surface area contributed by atoms with Crippen LogP contribution in [0.15, 0.2) is 46.9 Å². The molecule has 0 unspecified atom stereocenters. The first-order valence-electron chi connectivity index (χ1n) is 7.28. The minimum atomic E-state index is -0.293. The maximum atomic E-state index is 11.8. The van der Waals surface area contributed by atoms with E-state index in [1.807, 2.05) is 18.2 Å². The molecule has 2 amide bonds. The Hall–Kier alpha value is -2.41. The monoisotopic (exact) mass is 394 g/mol. The summed E-state index contributed by atoms with van der Waals surface area (Å²) in [6.07, 6.45) is 0. The summed E-state index contributed by atoms with van der Waals surface area (Å²) in [6.45, 7) is 0.653. The van der Waals surface area contributed by atoms with Gasteiger partial charge in [0.2, 0.25) is 5.75 Å². The highest BCUT2D eigenvalue weighted by atomic mass is 79.9. The highest BCUT2D eigenvalue weighted by molar-refractivity contribution is 9.10. The van der Waals surface area contributed by atoms with Crippen LogP contribution in [0.1, 0.15) is 0 Å². The standard InChI is InChI=1S/C17H19BrN2O4/c1-22-14-4-3-5-15(16(14)23-2)24-11-10-19-17(21)20-13-8-6-12(18)7-9-13/h3-9H,10-11H2,1-2H3,(H2,19,20,21). The smallest absolute Gasteiger partial charge is 0.319 e. The predicted octanol–water partition coefficient (Wildman–Crippen LogP) is 3.67. The normalized spacial score (nSPS) is 9.96. The van der Waals surface area contributed by atoms with Gasteiger partial charge in [0.25, 0.3) is 0 Å². The van der Waals surface area contributed by atoms with Crippen LogP contribution in [0.2, 0.25) is 0 Å². The zero-order chi connectivity index (χ0) is 17.4. The Morgan fingerprint density at radius 2 is 1.75 bits per heavy atom. The van der Waals surface area contributed by atoms with Gasteiger partial charge in [-0.3, -0.25) is 0 Å². The molecule has 0 saturated heterocycles. The lowest BCUT2D eigenvalue weighted by atomic mass is 10.3. The average molecular weight is 395 g/mol. The van der Waals surface area contributed by atoms with Gasteiger partial charge >= 0.3 is 6.03 Å². The molecule has 0 aliphatic carbocycles. The van der Waals surface area contributed by atoms with E-state index in [-0.39, 0.29) is 6.03 Å². The molecular formula is C17H19BrN2O4. The number of anilines is 1. The molecule has 0 heterocycles. The molecule has 0 fully saturated rings. The van der Waals surface area contributed by atoms with Crippen molar-refractivity contribution in [2.75, 3.05) is 32.7 Å². The number of methoxy groups -OCH3 is 2. The molecular weight excluding hydrogens is 376 g/mol. The van der Waals surface area contributed by atoms with Crippen LogP contribution in [0.25, 0.3) is 0 Å². The summed E-state index contributed by atoms with van der Waals surface area (Å²) in [5.41, 5.74) is 0.714. The van der Waals surface area contributed by atoms with Crippen molar-refractivity contribution in [3.63, 3.8) is 0 Å². The van der Waals surface area contributed by atoms with Crippen molar-refractivity contribution in [1.29, 1.82) is 0 Å². The van der Waals surface area contributed by atoms with Crippen molar-refractivity contribution in [3.8, 4) is 17.2 Å². The molecule has 24 heavy (non-hydrogen) atoms. The number of carbonyl (C=O) groups is 1. The second kappa shape index (κ2) is 9.02. The third kappa shape index (κ3) is 5.06. The number of hydrogen-bond donors (Lipinski definition) is 2. The molecule has 0 radical (unpaired) electrons. The number of nitrogens with one attached hydrogen (secondary N) is 2. The third-order valence-electron chi connectivity index (χ3n) is 3.11. The summed E-state index contributed by atoms with van der Waals surface area (Å²) in [5, 5.41) is 5.46. The minimum Gasteiger partial charge on any atom is -0.493 e. The second-order valence-electron chi connectivity index (χ2n) is 4.73. The fourth-order valence-corrected chi connectivity index (χ4v) is 2.27. The lowest BCUT2D eigenvalue weighted by Gasteiger charge is -2.14. The Balaban J connectivity index is 1.78. The van der Waals surface area contributed by atoms with Gasteiger partial charge < -0.3 is 24.8 Å². The van der Waals surface area contributed by atoms with E-state index in [9.17, 15) is 4.79 Å². The molecule has 2 aromatic carbocycles. The number of carbonyl (C=O) groups excluding carboxylic acids is 1. The molecule has 0 atom stereocenters. The molecule has 128 valence electrons. The molecule has 0 aliphatic rings. The van der Waals surface area contributed by atoms with Crippen LogP contribution >= 0.6 is 15.9 Å². The minimum absolute atomic E-state index is 0.293. The Bertz CT molecular complexity index is 677. The molecule has 2 aromatic rings. The van der Waals surface area contributed by atoms with Gasteiger partial charge in [0, 0.05) is 10.2 Å². The van der Waals surface area contributed by atoms with Crippen LogP contribution < -0.4 is 24.8 Å². The number of halogens is 1. The van der Waals surface area contributed by atoms with E-state index in [2.05, 4.69) is 26.6 Å². The van der Waals surface area contributed by atoms with E-state index < -0.39 is 0 Å². The number of rotatable bonds is 7. The second-order valence-corrected chi connectivity index (χ2v) is 5.64. The van der Waals surface area contributed by atoms with Crippen LogP contribution in [0, 0.1) is 0 Å². The van der Waals surface area contributed by atoms with Gasteiger partial charge in [0.15, 0.2) is 11.5 Å². The molecule has 0 bridgehead atoms. The lowest BCUT2D eigenvalue weighted by molar-refractivity contribution is 0.245. The molecule has 2 rings (SSSR count). The zero-order valence-electron chi connectivity index (χ0n) is 13.5. The van der Waals surface area contributed by atoms with Gasteiger partial charge in [-0.25, -0.2) is 4.79 Å². The number of ether oxygens (including phenoxy) is 3. The first-order valence-corrected chi connectivity index (χ1v) is 8.07. The third-order valence-corrected chi connectivity index (χ3v) is 3.64. The Labute approximate surface area is 149 Å². The molecule has 7 heteroatoms. The number of para-hydroxylation sites is 1. The van der Waals surface area contributed by atoms with Crippen molar-refractivity contribution in [3.05, 3.63) is 46.9 Å². The number of hydrogen-bond acceptors (Lipinski definition) is 4. The fourth-order valence-electron chi connectivity index (χ4n) is 2.01. The zero-order valence-corrected chi connectivity index (χ0v) is 15.1. The van der Waals surface area contributed by atoms with Crippen LogP contribution in [-0.4, -0.2) is 33.4 Å². The van der Waals surface area contributed by atoms with Gasteiger partial charge in [-0.15, -0.1) is 0 Å². The highest BCUT2D eigenvalue weighted by Gasteiger charge is 2.10. The predicted molar refractivity (Wildman–Crippen MR) is 96.2 cm³/mol. The molecule has 0 aromatic heterocycles. The quantitative estimate of drug-likeness (QED) is 0.702. The first kappa shape index (κ1) is 17.9. The molecule has 0 aliphatic heterocycles. The number of benzene rings is 2. The van der Waals surface area contributed by atoms with E-state index in [0.717, 1.165) is 4.47 Å². The van der Waals surface area contributed by atoms with Crippen molar-refractivity contribution in [1.82, 2.24) is 5.32 Å². The summed E-state index contributed by atoms with van der Waals surface area (Å²) in [4.78, 5) is 11.8. The van der Waals surface area contributed by atoms with Gasteiger partial charge in [-0.2, -0.15) is 0 Å². The highest BCUT2D eigenvalue weighted by Crippen LogP contribution is 2.36. The van der Waals surface area contributed by atoms with Crippen LogP contribution in [0.3, 0.4) is 0 Å². The Morgan fingerprint density at radius 3 is 2.42 bits per heavy atom. The summed E-state index contributed by atoms with van der Waals surface area (Å²) in [7, 11) is 3.12. The first-order chi connectivity index (χ1) is 11.6. The van der Waals surface area contributed by atoms with E-state index in [1.165, 1.54) is 0 Å². The average Bonchev–Trinajstić information content (AvgIpc) is 2.60. The van der Waals surface area contributed by atoms with Crippen molar-refractivity contribution in [2.45, 2.75) is 0 Å². The maximum Gasteiger partial charge on any atom is 0.319 e.